The van der Waals surface area contributed by atoms with Gasteiger partial charge in [-0.15, -0.1) is 0 Å². The van der Waals surface area contributed by atoms with Crippen molar-refractivity contribution in [2.24, 2.45) is 0 Å². The highest BCUT2D eigenvalue weighted by molar-refractivity contribution is 6.30. The third-order valence-corrected chi connectivity index (χ3v) is 17.8. The van der Waals surface area contributed by atoms with E-state index in [2.05, 4.69) is 147 Å². The number of carbonyl (C=O) groups is 3. The molecule has 0 saturated heterocycles. The molecule has 0 aliphatic carbocycles. The highest BCUT2D eigenvalue weighted by Crippen LogP contribution is 2.51. The fourth-order valence-corrected chi connectivity index (χ4v) is 13.1. The summed E-state index contributed by atoms with van der Waals surface area (Å²) < 4.78 is 18.4. The molecule has 12 rings (SSSR count). The standard InChI is InChI=1S/C27H30ClN3O2.C25H27N3O2.C23H22ClN3O2/c1-5-30(6-2)21-13-9-19(10-14-21)27(20-11-15-22(16-12-20)31(7-3)8-4)23-17-18-24(28)29-25(23)26(32)33-27;1-16-14-18(27(3)4)9-11-20(16)25(21-12-10-19(28(5)6)15-17(21)2)22-8-7-13-26-23(22)24(29)30-25;1-3-25-18-9-5-15(6-10-18)23(16-7-11-19(12-8-16)26-4-2)20-13-17(24)14-27-21(20)22(28)29-23/h9-18H,5-8H2,1-4H3;7-15H,1-6H3;5-14,25-26H,3-4H2,1-2H3. The number of hydrogen-bond acceptors (Lipinski definition) is 15. The molecule has 6 aromatic carbocycles. The Labute approximate surface area is 550 Å². The van der Waals surface area contributed by atoms with Crippen LogP contribution in [0.5, 0.6) is 0 Å². The van der Waals surface area contributed by atoms with Crippen molar-refractivity contribution in [3.63, 3.8) is 0 Å². The van der Waals surface area contributed by atoms with Crippen LogP contribution in [0.3, 0.4) is 0 Å². The molecule has 6 heterocycles. The van der Waals surface area contributed by atoms with E-state index in [1.807, 2.05) is 133 Å². The van der Waals surface area contributed by atoms with Crippen LogP contribution in [0.15, 0.2) is 176 Å². The molecular formula is C75H79Cl2N9O6. The van der Waals surface area contributed by atoms with Gasteiger partial charge in [-0.3, -0.25) is 0 Å². The van der Waals surface area contributed by atoms with Gasteiger partial charge in [-0.2, -0.15) is 0 Å². The van der Waals surface area contributed by atoms with Crippen LogP contribution in [-0.4, -0.2) is 100 Å². The summed E-state index contributed by atoms with van der Waals surface area (Å²) in [5.41, 5.74) is 13.8. The number of rotatable bonds is 18. The van der Waals surface area contributed by atoms with Crippen LogP contribution >= 0.6 is 23.2 Å². The molecule has 0 fully saturated rings. The highest BCUT2D eigenvalue weighted by atomic mass is 35.5. The monoisotopic (exact) mass is 1270 g/mol. The van der Waals surface area contributed by atoms with E-state index in [4.69, 9.17) is 37.4 Å². The number of ether oxygens (including phenoxy) is 3. The number of hydrogen-bond donors (Lipinski definition) is 2. The van der Waals surface area contributed by atoms with E-state index < -0.39 is 34.7 Å². The zero-order valence-electron chi connectivity index (χ0n) is 54.3. The van der Waals surface area contributed by atoms with Gasteiger partial charge in [-0.25, -0.2) is 29.3 Å². The fraction of sp³-hybridized carbons (Fsp3) is 0.280. The Morgan fingerprint density at radius 1 is 0.424 bits per heavy atom. The molecule has 0 atom stereocenters. The van der Waals surface area contributed by atoms with Gasteiger partial charge in [-0.05, 0) is 164 Å². The lowest BCUT2D eigenvalue weighted by molar-refractivity contribution is 0.0237. The topological polar surface area (TPSA) is 155 Å². The molecular weight excluding hydrogens is 1190 g/mol. The summed E-state index contributed by atoms with van der Waals surface area (Å²) in [6.07, 6.45) is 3.11. The summed E-state index contributed by atoms with van der Waals surface area (Å²) in [5.74, 6) is -1.31. The van der Waals surface area contributed by atoms with E-state index in [9.17, 15) is 14.4 Å². The van der Waals surface area contributed by atoms with Crippen molar-refractivity contribution in [1.29, 1.82) is 0 Å². The molecule has 0 spiro atoms. The van der Waals surface area contributed by atoms with Crippen LogP contribution in [0.25, 0.3) is 0 Å². The van der Waals surface area contributed by atoms with E-state index in [1.165, 1.54) is 6.20 Å². The summed E-state index contributed by atoms with van der Waals surface area (Å²) >= 11 is 12.4. The molecule has 92 heavy (non-hydrogen) atoms. The van der Waals surface area contributed by atoms with Crippen molar-refractivity contribution >= 4 is 75.2 Å². The number of aromatic nitrogens is 3. The Bertz CT molecular complexity index is 3970. The number of anilines is 6. The second-order valence-corrected chi connectivity index (χ2v) is 24.0. The van der Waals surface area contributed by atoms with Crippen molar-refractivity contribution in [3.05, 3.63) is 265 Å². The second-order valence-electron chi connectivity index (χ2n) is 23.1. The Morgan fingerprint density at radius 2 is 0.804 bits per heavy atom. The number of carbonyl (C=O) groups excluding carboxylic acids is 3. The first kappa shape index (κ1) is 65.5. The maximum Gasteiger partial charge on any atom is 0.359 e. The van der Waals surface area contributed by atoms with Gasteiger partial charge in [0.15, 0.2) is 33.9 Å². The van der Waals surface area contributed by atoms with Crippen LogP contribution < -0.4 is 30.2 Å². The Hall–Kier alpha value is -9.44. The number of nitrogens with one attached hydrogen (secondary N) is 2. The first-order chi connectivity index (χ1) is 44.3. The van der Waals surface area contributed by atoms with Gasteiger partial charge in [0.2, 0.25) is 0 Å². The normalized spacial score (nSPS) is 14.2. The van der Waals surface area contributed by atoms with Crippen molar-refractivity contribution < 1.29 is 28.6 Å². The molecule has 0 bridgehead atoms. The van der Waals surface area contributed by atoms with Crippen molar-refractivity contribution in [2.75, 3.05) is 97.7 Å². The zero-order chi connectivity index (χ0) is 65.6. The Kier molecular flexibility index (Phi) is 19.6. The third-order valence-electron chi connectivity index (χ3n) is 17.3. The third kappa shape index (κ3) is 12.2. The first-order valence-corrected chi connectivity index (χ1v) is 32.0. The summed E-state index contributed by atoms with van der Waals surface area (Å²) in [5, 5.41) is 7.31. The van der Waals surface area contributed by atoms with Gasteiger partial charge in [0.25, 0.3) is 0 Å². The van der Waals surface area contributed by atoms with Crippen LogP contribution in [0, 0.1) is 13.8 Å². The Balaban J connectivity index is 0.000000152. The summed E-state index contributed by atoms with van der Waals surface area (Å²) in [6, 6.07) is 54.0. The number of aryl methyl sites for hydroxylation is 2. The molecule has 3 aliphatic heterocycles. The molecule has 9 aromatic rings. The average Bonchev–Trinajstić information content (AvgIpc) is 1.54. The first-order valence-electron chi connectivity index (χ1n) is 31.3. The quantitative estimate of drug-likeness (QED) is 0.0475. The molecule has 3 aliphatic rings. The zero-order valence-corrected chi connectivity index (χ0v) is 55.8. The van der Waals surface area contributed by atoms with E-state index in [-0.39, 0.29) is 10.8 Å². The van der Waals surface area contributed by atoms with E-state index in [1.54, 1.807) is 18.3 Å². The highest BCUT2D eigenvalue weighted by Gasteiger charge is 2.53. The molecule has 474 valence electrons. The minimum atomic E-state index is -1.10. The van der Waals surface area contributed by atoms with Crippen LogP contribution in [0.1, 0.15) is 134 Å². The average molecular weight is 1270 g/mol. The smallest absolute Gasteiger partial charge is 0.359 e. The second kappa shape index (κ2) is 27.6. The lowest BCUT2D eigenvalue weighted by atomic mass is 9.77. The largest absolute Gasteiger partial charge is 0.439 e. The fourth-order valence-electron chi connectivity index (χ4n) is 12.7. The molecule has 0 amide bonds. The predicted octanol–water partition coefficient (Wildman–Crippen LogP) is 15.2. The SMILES string of the molecule is CCN(CC)c1ccc(C2(c3ccc(N(CC)CC)cc3)OC(=O)c3nc(Cl)ccc32)cc1.CCNc1ccc(C2(c3ccc(NCC)cc3)OC(=O)c3ncc(Cl)cc32)cc1.Cc1cc(N(C)C)ccc1C1(c2ccc(N(C)C)cc2C)OC(=O)c2ncccc21. The minimum absolute atomic E-state index is 0.267. The summed E-state index contributed by atoms with van der Waals surface area (Å²) in [7, 11) is 8.07. The van der Waals surface area contributed by atoms with Crippen LogP contribution in [-0.2, 0) is 31.0 Å². The predicted molar refractivity (Wildman–Crippen MR) is 371 cm³/mol. The van der Waals surface area contributed by atoms with Gasteiger partial charge in [0.05, 0.1) is 5.02 Å². The summed E-state index contributed by atoms with van der Waals surface area (Å²) in [6.45, 7) is 22.1. The van der Waals surface area contributed by atoms with Gasteiger partial charge in [-0.1, -0.05) is 89.9 Å². The number of benzene rings is 6. The van der Waals surface area contributed by atoms with Crippen LogP contribution in [0.2, 0.25) is 10.2 Å². The van der Waals surface area contributed by atoms with Crippen LogP contribution in [0.4, 0.5) is 34.1 Å². The van der Waals surface area contributed by atoms with Gasteiger partial charge in [0, 0.05) is 164 Å². The number of pyridine rings is 3. The minimum Gasteiger partial charge on any atom is -0.439 e. The Morgan fingerprint density at radius 3 is 1.23 bits per heavy atom. The van der Waals surface area contributed by atoms with Crippen molar-refractivity contribution in [3.8, 4) is 0 Å². The number of fused-ring (bicyclic) bond motifs is 3. The van der Waals surface area contributed by atoms with E-state index >= 15 is 0 Å². The van der Waals surface area contributed by atoms with E-state index in [0.717, 1.165) is 123 Å². The van der Waals surface area contributed by atoms with Crippen molar-refractivity contribution in [2.45, 2.75) is 72.2 Å². The maximum atomic E-state index is 13.0. The van der Waals surface area contributed by atoms with Gasteiger partial charge in [0.1, 0.15) is 5.15 Å². The number of cyclic esters (lactones) is 3. The molecule has 0 saturated carbocycles. The number of halogens is 2. The maximum absolute atomic E-state index is 13.0. The number of esters is 3. The lowest BCUT2D eigenvalue weighted by Crippen LogP contribution is -2.31. The molecule has 3 aromatic heterocycles. The molecule has 17 heteroatoms. The molecule has 0 unspecified atom stereocenters. The number of nitrogens with zero attached hydrogens (tertiary/aromatic N) is 7. The van der Waals surface area contributed by atoms with Gasteiger partial charge >= 0.3 is 17.9 Å². The molecule has 15 nitrogen and oxygen atoms in total. The van der Waals surface area contributed by atoms with Crippen molar-refractivity contribution in [1.82, 2.24) is 15.0 Å². The lowest BCUT2D eigenvalue weighted by Gasteiger charge is -2.33. The molecule has 0 radical (unpaired) electrons. The van der Waals surface area contributed by atoms with E-state index in [0.29, 0.717) is 27.5 Å². The summed E-state index contributed by atoms with van der Waals surface area (Å²) in [4.78, 5) is 60.2. The molecule has 2 N–H and O–H groups in total. The van der Waals surface area contributed by atoms with Gasteiger partial charge < -0.3 is 44.4 Å².